The molecular formula is C11H19N3O3S. The molecule has 0 fully saturated rings. The average Bonchev–Trinajstić information content (AvgIpc) is 2.15. The topological polar surface area (TPSA) is 116 Å². The SMILES string of the molecule is CC(C)NC(=N)N.Cc1ccc(S(=O)(=O)O)cc1. The molecule has 6 nitrogen and oxygen atoms in total. The molecule has 0 aliphatic rings. The van der Waals surface area contributed by atoms with Gasteiger partial charge in [0.05, 0.1) is 4.90 Å². The van der Waals surface area contributed by atoms with Gasteiger partial charge in [-0.3, -0.25) is 9.96 Å². The number of guanidine groups is 1. The van der Waals surface area contributed by atoms with Gasteiger partial charge in [0.1, 0.15) is 0 Å². The first-order valence-electron chi connectivity index (χ1n) is 5.27. The van der Waals surface area contributed by atoms with E-state index in [9.17, 15) is 8.42 Å². The van der Waals surface area contributed by atoms with E-state index in [-0.39, 0.29) is 16.9 Å². The van der Waals surface area contributed by atoms with Crippen molar-refractivity contribution in [2.45, 2.75) is 31.7 Å². The molecule has 0 spiro atoms. The van der Waals surface area contributed by atoms with Crippen LogP contribution in [0.5, 0.6) is 0 Å². The predicted octanol–water partition coefficient (Wildman–Crippen LogP) is 1.12. The number of nitrogens with two attached hydrogens (primary N) is 1. The maximum Gasteiger partial charge on any atom is 0.294 e. The molecule has 0 aromatic heterocycles. The number of benzene rings is 1. The predicted molar refractivity (Wildman–Crippen MR) is 71.2 cm³/mol. The summed E-state index contributed by atoms with van der Waals surface area (Å²) in [5.74, 6) is 0.0370. The van der Waals surface area contributed by atoms with Gasteiger partial charge < -0.3 is 11.1 Å². The van der Waals surface area contributed by atoms with E-state index in [1.807, 2.05) is 20.8 Å². The van der Waals surface area contributed by atoms with Crippen LogP contribution >= 0.6 is 0 Å². The monoisotopic (exact) mass is 273 g/mol. The van der Waals surface area contributed by atoms with Crippen molar-refractivity contribution in [1.29, 1.82) is 5.41 Å². The van der Waals surface area contributed by atoms with E-state index < -0.39 is 10.1 Å². The van der Waals surface area contributed by atoms with Crippen molar-refractivity contribution in [3.63, 3.8) is 0 Å². The lowest BCUT2D eigenvalue weighted by Crippen LogP contribution is -2.35. The summed E-state index contributed by atoms with van der Waals surface area (Å²) in [6.45, 7) is 5.70. The zero-order chi connectivity index (χ0) is 14.3. The van der Waals surface area contributed by atoms with E-state index in [0.717, 1.165) is 5.56 Å². The maximum atomic E-state index is 10.5. The Labute approximate surface area is 107 Å². The van der Waals surface area contributed by atoms with Crippen LogP contribution in [0.15, 0.2) is 29.2 Å². The molecule has 0 bridgehead atoms. The Kier molecular flexibility index (Phi) is 6.35. The molecule has 102 valence electrons. The lowest BCUT2D eigenvalue weighted by Gasteiger charge is -2.04. The zero-order valence-corrected chi connectivity index (χ0v) is 11.5. The van der Waals surface area contributed by atoms with Gasteiger partial charge in [-0.25, -0.2) is 0 Å². The molecule has 5 N–H and O–H groups in total. The van der Waals surface area contributed by atoms with Crippen molar-refractivity contribution < 1.29 is 13.0 Å². The van der Waals surface area contributed by atoms with Crippen molar-refractivity contribution in [1.82, 2.24) is 5.32 Å². The van der Waals surface area contributed by atoms with Crippen molar-refractivity contribution in [2.24, 2.45) is 5.73 Å². The Bertz CT molecular complexity index is 481. The van der Waals surface area contributed by atoms with Gasteiger partial charge in [0.2, 0.25) is 0 Å². The third kappa shape index (κ3) is 7.64. The Hall–Kier alpha value is -1.60. The highest BCUT2D eigenvalue weighted by molar-refractivity contribution is 7.85. The molecule has 1 rings (SSSR count). The van der Waals surface area contributed by atoms with E-state index in [1.165, 1.54) is 12.1 Å². The molecule has 0 heterocycles. The molecule has 0 saturated heterocycles. The van der Waals surface area contributed by atoms with Gasteiger partial charge in [-0.1, -0.05) is 17.7 Å². The lowest BCUT2D eigenvalue weighted by atomic mass is 10.2. The summed E-state index contributed by atoms with van der Waals surface area (Å²) in [6, 6.07) is 6.26. The van der Waals surface area contributed by atoms with Gasteiger partial charge in [0, 0.05) is 6.04 Å². The highest BCUT2D eigenvalue weighted by atomic mass is 32.2. The molecule has 18 heavy (non-hydrogen) atoms. The molecular weight excluding hydrogens is 254 g/mol. The summed E-state index contributed by atoms with van der Waals surface area (Å²) in [7, 11) is -4.02. The van der Waals surface area contributed by atoms with Crippen LogP contribution in [0.3, 0.4) is 0 Å². The first-order chi connectivity index (χ1) is 8.12. The number of hydrogen-bond acceptors (Lipinski definition) is 3. The molecule has 1 aromatic rings. The first kappa shape index (κ1) is 16.4. The van der Waals surface area contributed by atoms with E-state index in [2.05, 4.69) is 5.32 Å². The molecule has 0 aliphatic carbocycles. The summed E-state index contributed by atoms with van der Waals surface area (Å²) in [5.41, 5.74) is 5.92. The first-order valence-corrected chi connectivity index (χ1v) is 6.71. The molecule has 0 atom stereocenters. The third-order valence-corrected chi connectivity index (χ3v) is 2.63. The number of hydrogen-bond donors (Lipinski definition) is 4. The van der Waals surface area contributed by atoms with Crippen LogP contribution in [-0.4, -0.2) is 25.0 Å². The highest BCUT2D eigenvalue weighted by Gasteiger charge is 2.06. The molecule has 0 aliphatic heterocycles. The second-order valence-electron chi connectivity index (χ2n) is 4.00. The van der Waals surface area contributed by atoms with E-state index in [1.54, 1.807) is 12.1 Å². The Balaban J connectivity index is 0.000000360. The number of rotatable bonds is 2. The largest absolute Gasteiger partial charge is 0.370 e. The number of nitrogens with one attached hydrogen (secondary N) is 2. The molecule has 0 amide bonds. The van der Waals surface area contributed by atoms with Crippen LogP contribution in [0, 0.1) is 12.3 Å². The smallest absolute Gasteiger partial charge is 0.294 e. The Morgan fingerprint density at radius 3 is 2.00 bits per heavy atom. The molecule has 0 radical (unpaired) electrons. The van der Waals surface area contributed by atoms with Gasteiger partial charge in [-0.2, -0.15) is 8.42 Å². The minimum absolute atomic E-state index is 0.0370. The van der Waals surface area contributed by atoms with Crippen LogP contribution in [0.2, 0.25) is 0 Å². The van der Waals surface area contributed by atoms with Crippen LogP contribution in [0.4, 0.5) is 0 Å². The van der Waals surface area contributed by atoms with Crippen molar-refractivity contribution in [3.05, 3.63) is 29.8 Å². The average molecular weight is 273 g/mol. The Morgan fingerprint density at radius 1 is 1.33 bits per heavy atom. The summed E-state index contributed by atoms with van der Waals surface area (Å²) in [6.07, 6.45) is 0. The van der Waals surface area contributed by atoms with Gasteiger partial charge in [0.25, 0.3) is 10.1 Å². The standard InChI is InChI=1S/C7H8O3S.C4H11N3/c1-6-2-4-7(5-3-6)11(8,9)10;1-3(2)7-4(5)6/h2-5H,1H3,(H,8,9,10);3H,1-2H3,(H4,5,6,7). The van der Waals surface area contributed by atoms with E-state index in [0.29, 0.717) is 0 Å². The fraction of sp³-hybridized carbons (Fsp3) is 0.364. The fourth-order valence-electron chi connectivity index (χ4n) is 1.02. The second kappa shape index (κ2) is 6.97. The van der Waals surface area contributed by atoms with Gasteiger partial charge in [-0.05, 0) is 32.9 Å². The van der Waals surface area contributed by atoms with Crippen molar-refractivity contribution in [3.8, 4) is 0 Å². The van der Waals surface area contributed by atoms with Crippen molar-refractivity contribution >= 4 is 16.1 Å². The molecule has 1 aromatic carbocycles. The summed E-state index contributed by atoms with van der Waals surface area (Å²) in [4.78, 5) is -0.0666. The van der Waals surface area contributed by atoms with Crippen LogP contribution in [0.25, 0.3) is 0 Å². The minimum Gasteiger partial charge on any atom is -0.370 e. The Morgan fingerprint density at radius 2 is 1.78 bits per heavy atom. The summed E-state index contributed by atoms with van der Waals surface area (Å²) >= 11 is 0. The lowest BCUT2D eigenvalue weighted by molar-refractivity contribution is 0.483. The quantitative estimate of drug-likeness (QED) is 0.366. The van der Waals surface area contributed by atoms with Crippen LogP contribution < -0.4 is 11.1 Å². The molecule has 7 heteroatoms. The second-order valence-corrected chi connectivity index (χ2v) is 5.42. The number of aryl methyl sites for hydroxylation is 1. The third-order valence-electron chi connectivity index (χ3n) is 1.76. The summed E-state index contributed by atoms with van der Waals surface area (Å²) < 4.78 is 29.6. The normalized spacial score (nSPS) is 10.5. The van der Waals surface area contributed by atoms with Gasteiger partial charge in [-0.15, -0.1) is 0 Å². The van der Waals surface area contributed by atoms with Crippen LogP contribution in [-0.2, 0) is 10.1 Å². The van der Waals surface area contributed by atoms with Crippen LogP contribution in [0.1, 0.15) is 19.4 Å². The maximum absolute atomic E-state index is 10.5. The van der Waals surface area contributed by atoms with Gasteiger partial charge in [0.15, 0.2) is 5.96 Å². The zero-order valence-electron chi connectivity index (χ0n) is 10.6. The van der Waals surface area contributed by atoms with Crippen molar-refractivity contribution in [2.75, 3.05) is 0 Å². The fourth-order valence-corrected chi connectivity index (χ4v) is 1.50. The van der Waals surface area contributed by atoms with E-state index in [4.69, 9.17) is 15.7 Å². The molecule has 0 saturated carbocycles. The van der Waals surface area contributed by atoms with E-state index >= 15 is 0 Å². The highest BCUT2D eigenvalue weighted by Crippen LogP contribution is 2.08. The summed E-state index contributed by atoms with van der Waals surface area (Å²) in [5, 5.41) is 9.36. The minimum atomic E-state index is -4.02. The molecule has 0 unspecified atom stereocenters. The van der Waals surface area contributed by atoms with Gasteiger partial charge >= 0.3 is 0 Å².